The highest BCUT2D eigenvalue weighted by Crippen LogP contribution is 2.21. The van der Waals surface area contributed by atoms with Crippen LogP contribution in [0.5, 0.6) is 0 Å². The van der Waals surface area contributed by atoms with Crippen molar-refractivity contribution < 1.29 is 0 Å². The van der Waals surface area contributed by atoms with Gasteiger partial charge in [-0.2, -0.15) is 0 Å². The third-order valence-electron chi connectivity index (χ3n) is 4.64. The molecule has 0 amide bonds. The number of nitrogens with zero attached hydrogens (tertiary/aromatic N) is 3. The molecular formula is C19H35N3. The van der Waals surface area contributed by atoms with Crippen LogP contribution in [0.2, 0.25) is 0 Å². The van der Waals surface area contributed by atoms with Crippen LogP contribution >= 0.6 is 0 Å². The molecule has 0 fully saturated rings. The van der Waals surface area contributed by atoms with Crippen molar-refractivity contribution in [3.63, 3.8) is 0 Å². The van der Waals surface area contributed by atoms with E-state index >= 15 is 0 Å². The highest BCUT2D eigenvalue weighted by atomic mass is 15.1. The lowest BCUT2D eigenvalue weighted by Crippen LogP contribution is -2.22. The van der Waals surface area contributed by atoms with Crippen LogP contribution in [0.4, 0.5) is 0 Å². The number of benzene rings is 1. The molecule has 0 bridgehead atoms. The van der Waals surface area contributed by atoms with Crippen LogP contribution in [0.1, 0.15) is 43.0 Å². The topological polar surface area (TPSA) is 9.72 Å². The van der Waals surface area contributed by atoms with Gasteiger partial charge in [0.1, 0.15) is 0 Å². The Kier molecular flexibility index (Phi) is 8.08. The minimum absolute atomic E-state index is 1.03. The van der Waals surface area contributed by atoms with Crippen molar-refractivity contribution in [2.24, 2.45) is 0 Å². The van der Waals surface area contributed by atoms with Crippen molar-refractivity contribution in [1.82, 2.24) is 14.7 Å². The average molecular weight is 306 g/mol. The van der Waals surface area contributed by atoms with Gasteiger partial charge in [-0.25, -0.2) is 0 Å². The number of hydrogen-bond donors (Lipinski definition) is 0. The first-order chi connectivity index (χ1) is 10.4. The molecule has 0 aliphatic heterocycles. The second kappa shape index (κ2) is 9.29. The van der Waals surface area contributed by atoms with E-state index in [2.05, 4.69) is 75.7 Å². The Morgan fingerprint density at radius 1 is 0.682 bits per heavy atom. The average Bonchev–Trinajstić information content (AvgIpc) is 2.51. The normalized spacial score (nSPS) is 11.9. The molecule has 1 rings (SSSR count). The van der Waals surface area contributed by atoms with Gasteiger partial charge in [0, 0.05) is 19.6 Å². The molecule has 0 heterocycles. The molecule has 0 spiro atoms. The molecule has 3 heteroatoms. The molecule has 3 nitrogen and oxygen atoms in total. The maximum Gasteiger partial charge on any atom is 0.0233 e. The Balaban J connectivity index is 3.11. The summed E-state index contributed by atoms with van der Waals surface area (Å²) in [6.07, 6.45) is 0. The number of hydrogen-bond acceptors (Lipinski definition) is 3. The summed E-state index contributed by atoms with van der Waals surface area (Å²) in [5.41, 5.74) is 5.86. The van der Waals surface area contributed by atoms with Crippen LogP contribution in [0.3, 0.4) is 0 Å². The van der Waals surface area contributed by atoms with Crippen LogP contribution in [0.15, 0.2) is 12.1 Å². The molecule has 0 saturated carbocycles. The fraction of sp³-hybridized carbons (Fsp3) is 0.684. The standard InChI is InChI=1S/C19H35N3/c1-8-20(5)13-17-11-18(14-21(6)9-2)16(4)19(12-17)15-22(7)10-3/h11-12H,8-10,13-15H2,1-7H3. The third-order valence-corrected chi connectivity index (χ3v) is 4.64. The van der Waals surface area contributed by atoms with Gasteiger partial charge in [0.05, 0.1) is 0 Å². The van der Waals surface area contributed by atoms with Gasteiger partial charge in [0.15, 0.2) is 0 Å². The third kappa shape index (κ3) is 5.71. The quantitative estimate of drug-likeness (QED) is 0.693. The summed E-state index contributed by atoms with van der Waals surface area (Å²) in [5.74, 6) is 0. The first-order valence-corrected chi connectivity index (χ1v) is 8.58. The highest BCUT2D eigenvalue weighted by Gasteiger charge is 2.11. The van der Waals surface area contributed by atoms with E-state index in [-0.39, 0.29) is 0 Å². The molecule has 22 heavy (non-hydrogen) atoms. The van der Waals surface area contributed by atoms with E-state index in [1.807, 2.05) is 0 Å². The van der Waals surface area contributed by atoms with Crippen LogP contribution < -0.4 is 0 Å². The van der Waals surface area contributed by atoms with Crippen molar-refractivity contribution in [2.45, 2.75) is 47.3 Å². The highest BCUT2D eigenvalue weighted by molar-refractivity contribution is 5.38. The Morgan fingerprint density at radius 3 is 1.41 bits per heavy atom. The minimum Gasteiger partial charge on any atom is -0.302 e. The van der Waals surface area contributed by atoms with Gasteiger partial charge < -0.3 is 14.7 Å². The van der Waals surface area contributed by atoms with Crippen molar-refractivity contribution in [1.29, 1.82) is 0 Å². The van der Waals surface area contributed by atoms with E-state index in [0.717, 1.165) is 39.3 Å². The van der Waals surface area contributed by atoms with E-state index < -0.39 is 0 Å². The van der Waals surface area contributed by atoms with Gasteiger partial charge >= 0.3 is 0 Å². The van der Waals surface area contributed by atoms with Gasteiger partial charge in [-0.1, -0.05) is 32.9 Å². The first kappa shape index (κ1) is 19.1. The molecule has 0 unspecified atom stereocenters. The lowest BCUT2D eigenvalue weighted by molar-refractivity contribution is 0.333. The van der Waals surface area contributed by atoms with E-state index in [4.69, 9.17) is 0 Å². The monoisotopic (exact) mass is 305 g/mol. The maximum atomic E-state index is 2.41. The summed E-state index contributed by atoms with van der Waals surface area (Å²) >= 11 is 0. The smallest absolute Gasteiger partial charge is 0.0233 e. The predicted molar refractivity (Wildman–Crippen MR) is 97.2 cm³/mol. The van der Waals surface area contributed by atoms with Gasteiger partial charge in [0.25, 0.3) is 0 Å². The molecule has 0 atom stereocenters. The Bertz CT molecular complexity index is 423. The van der Waals surface area contributed by atoms with Crippen molar-refractivity contribution in [3.8, 4) is 0 Å². The van der Waals surface area contributed by atoms with Crippen molar-refractivity contribution in [2.75, 3.05) is 40.8 Å². The Morgan fingerprint density at radius 2 is 1.05 bits per heavy atom. The summed E-state index contributed by atoms with van der Waals surface area (Å²) in [6, 6.07) is 4.81. The fourth-order valence-electron chi connectivity index (χ4n) is 2.56. The van der Waals surface area contributed by atoms with Crippen molar-refractivity contribution >= 4 is 0 Å². The second-order valence-corrected chi connectivity index (χ2v) is 6.53. The molecule has 0 saturated heterocycles. The Labute approximate surface area is 137 Å². The minimum atomic E-state index is 1.03. The van der Waals surface area contributed by atoms with E-state index in [1.165, 1.54) is 22.3 Å². The van der Waals surface area contributed by atoms with Crippen molar-refractivity contribution in [3.05, 3.63) is 34.4 Å². The Hall–Kier alpha value is -0.900. The van der Waals surface area contributed by atoms with Gasteiger partial charge in [-0.15, -0.1) is 0 Å². The van der Waals surface area contributed by atoms with Gasteiger partial charge in [-0.05, 0) is 70.0 Å². The second-order valence-electron chi connectivity index (χ2n) is 6.53. The molecule has 0 aliphatic rings. The molecule has 126 valence electrons. The molecule has 0 radical (unpaired) electrons. The van der Waals surface area contributed by atoms with Crippen LogP contribution in [-0.4, -0.2) is 55.5 Å². The molecule has 1 aromatic rings. The largest absolute Gasteiger partial charge is 0.302 e. The SMILES string of the molecule is CCN(C)Cc1cc(CN(C)CC)c(C)c(CN(C)CC)c1. The summed E-state index contributed by atoms with van der Waals surface area (Å²) < 4.78 is 0. The van der Waals surface area contributed by atoms with E-state index in [1.54, 1.807) is 0 Å². The lowest BCUT2D eigenvalue weighted by atomic mass is 9.97. The fourth-order valence-corrected chi connectivity index (χ4v) is 2.56. The molecule has 0 N–H and O–H groups in total. The van der Waals surface area contributed by atoms with E-state index in [9.17, 15) is 0 Å². The predicted octanol–water partition coefficient (Wildman–Crippen LogP) is 3.35. The molecule has 1 aromatic carbocycles. The van der Waals surface area contributed by atoms with Gasteiger partial charge in [0.2, 0.25) is 0 Å². The summed E-state index contributed by atoms with van der Waals surface area (Å²) in [6.45, 7) is 15.3. The van der Waals surface area contributed by atoms with Crippen LogP contribution in [0.25, 0.3) is 0 Å². The number of rotatable bonds is 9. The van der Waals surface area contributed by atoms with E-state index in [0.29, 0.717) is 0 Å². The zero-order chi connectivity index (χ0) is 16.7. The lowest BCUT2D eigenvalue weighted by Gasteiger charge is -2.23. The first-order valence-electron chi connectivity index (χ1n) is 8.58. The summed E-state index contributed by atoms with van der Waals surface area (Å²) in [7, 11) is 6.58. The molecule has 0 aliphatic carbocycles. The molecule has 0 aromatic heterocycles. The van der Waals surface area contributed by atoms with Crippen LogP contribution in [-0.2, 0) is 19.6 Å². The van der Waals surface area contributed by atoms with Crippen LogP contribution in [0, 0.1) is 6.92 Å². The summed E-state index contributed by atoms with van der Waals surface area (Å²) in [5, 5.41) is 0. The molecular weight excluding hydrogens is 270 g/mol. The maximum absolute atomic E-state index is 2.41. The summed E-state index contributed by atoms with van der Waals surface area (Å²) in [4.78, 5) is 7.12. The zero-order valence-corrected chi connectivity index (χ0v) is 15.7. The van der Waals surface area contributed by atoms with Gasteiger partial charge in [-0.3, -0.25) is 0 Å². The zero-order valence-electron chi connectivity index (χ0n) is 15.7.